The first kappa shape index (κ1) is 15.3. The summed E-state index contributed by atoms with van der Waals surface area (Å²) in [7, 11) is 1.51. The largest absolute Gasteiger partial charge is 0.449 e. The molecule has 4 rings (SSSR count). The third kappa shape index (κ3) is 1.60. The van der Waals surface area contributed by atoms with Gasteiger partial charge in [0.15, 0.2) is 11.5 Å². The second-order valence-electron chi connectivity index (χ2n) is 6.59. The average molecular weight is 334 g/mol. The lowest BCUT2D eigenvalue weighted by Crippen LogP contribution is -2.55. The Morgan fingerprint density at radius 3 is 2.83 bits per heavy atom. The molecule has 0 saturated carbocycles. The van der Waals surface area contributed by atoms with Crippen molar-refractivity contribution in [2.24, 2.45) is 17.6 Å². The number of hydrogen-bond acceptors (Lipinski definition) is 8. The Labute approximate surface area is 137 Å². The molecule has 0 aromatic heterocycles. The molecule has 1 unspecified atom stereocenters. The minimum Gasteiger partial charge on any atom is -0.449 e. The number of piperazine rings is 1. The van der Waals surface area contributed by atoms with Crippen LogP contribution in [0.15, 0.2) is 11.3 Å². The molecule has 24 heavy (non-hydrogen) atoms. The van der Waals surface area contributed by atoms with Crippen LogP contribution in [0.1, 0.15) is 6.92 Å². The van der Waals surface area contributed by atoms with Gasteiger partial charge in [-0.1, -0.05) is 0 Å². The number of ketones is 2. The number of primary amides is 1. The molecule has 3 aliphatic heterocycles. The molecular formula is C15H18N4O5. The summed E-state index contributed by atoms with van der Waals surface area (Å²) >= 11 is 0. The fourth-order valence-electron chi connectivity index (χ4n) is 4.39. The van der Waals surface area contributed by atoms with Crippen molar-refractivity contribution in [2.45, 2.75) is 24.7 Å². The van der Waals surface area contributed by atoms with E-state index in [1.807, 2.05) is 4.90 Å². The Kier molecular flexibility index (Phi) is 2.95. The van der Waals surface area contributed by atoms with E-state index in [4.69, 9.17) is 20.6 Å². The number of methoxy groups -OCH3 is 1. The van der Waals surface area contributed by atoms with Gasteiger partial charge in [-0.05, 0) is 6.92 Å². The molecule has 2 saturated heterocycles. The van der Waals surface area contributed by atoms with Crippen molar-refractivity contribution in [1.82, 2.24) is 10.2 Å². The number of carbonyl (C=O) groups is 3. The summed E-state index contributed by atoms with van der Waals surface area (Å²) in [6, 6.07) is 0.0920. The number of allylic oxidation sites excluding steroid dienone is 1. The lowest BCUT2D eigenvalue weighted by molar-refractivity contribution is -0.138. The van der Waals surface area contributed by atoms with Crippen molar-refractivity contribution in [3.63, 3.8) is 0 Å². The fraction of sp³-hybridized carbons (Fsp3) is 0.600. The summed E-state index contributed by atoms with van der Waals surface area (Å²) in [5.41, 5.74) is 4.37. The molecule has 128 valence electrons. The molecule has 0 bridgehead atoms. The number of nitrogens with one attached hydrogen (secondary N) is 2. The Balaban J connectivity index is 1.85. The Morgan fingerprint density at radius 2 is 2.21 bits per heavy atom. The first-order valence-corrected chi connectivity index (χ1v) is 7.77. The minimum absolute atomic E-state index is 0.0698. The van der Waals surface area contributed by atoms with Gasteiger partial charge in [-0.25, -0.2) is 4.79 Å². The lowest BCUT2D eigenvalue weighted by Gasteiger charge is -2.39. The number of hydrogen-bond donors (Lipinski definition) is 3. The molecule has 1 amide bonds. The van der Waals surface area contributed by atoms with Crippen LogP contribution in [-0.4, -0.2) is 66.3 Å². The SMILES string of the molecule is CO[C@@]12[C@H](COC(N)=O)C3=C(C(=O)C(C)C(=N)C3=O)N1C[C@H]1N[C@H]12. The Hall–Kier alpha value is -2.26. The number of rotatable bonds is 3. The maximum Gasteiger partial charge on any atom is 0.404 e. The maximum atomic E-state index is 12.8. The summed E-state index contributed by atoms with van der Waals surface area (Å²) in [4.78, 5) is 38.4. The normalized spacial score (nSPS) is 39.8. The standard InChI is InChI=1S/C15H18N4O5/c1-5-9(16)12(21)8-6(4-24-14(17)22)15(23-2)13-7(18-13)3-19(15)10(8)11(5)20/h5-7,13,16,18H,3-4H2,1-2H3,(H2,17,22)/t5?,6-,7-,13-,15-/m1/s1. The molecule has 0 aromatic rings. The first-order chi connectivity index (χ1) is 11.3. The topological polar surface area (TPSA) is 145 Å². The van der Waals surface area contributed by atoms with Gasteiger partial charge in [-0.15, -0.1) is 0 Å². The van der Waals surface area contributed by atoms with Crippen LogP contribution >= 0.6 is 0 Å². The highest BCUT2D eigenvalue weighted by molar-refractivity contribution is 6.52. The minimum atomic E-state index is -0.972. The van der Waals surface area contributed by atoms with Gasteiger partial charge in [0.05, 0.1) is 29.3 Å². The first-order valence-electron chi connectivity index (χ1n) is 7.77. The van der Waals surface area contributed by atoms with Crippen LogP contribution < -0.4 is 11.1 Å². The third-order valence-corrected chi connectivity index (χ3v) is 5.57. The quantitative estimate of drug-likeness (QED) is 0.548. The van der Waals surface area contributed by atoms with Gasteiger partial charge >= 0.3 is 6.09 Å². The highest BCUT2D eigenvalue weighted by Gasteiger charge is 2.73. The van der Waals surface area contributed by atoms with Crippen molar-refractivity contribution in [3.05, 3.63) is 11.3 Å². The van der Waals surface area contributed by atoms with Crippen LogP contribution in [0.3, 0.4) is 0 Å². The van der Waals surface area contributed by atoms with Crippen LogP contribution in [0, 0.1) is 17.2 Å². The van der Waals surface area contributed by atoms with Gasteiger partial charge in [-0.2, -0.15) is 0 Å². The number of fused-ring (bicyclic) bond motifs is 4. The second-order valence-corrected chi connectivity index (χ2v) is 6.59. The van der Waals surface area contributed by atoms with Crippen molar-refractivity contribution in [1.29, 1.82) is 5.41 Å². The highest BCUT2D eigenvalue weighted by atomic mass is 16.6. The Morgan fingerprint density at radius 1 is 1.50 bits per heavy atom. The zero-order valence-corrected chi connectivity index (χ0v) is 13.3. The van der Waals surface area contributed by atoms with Crippen LogP contribution in [0.5, 0.6) is 0 Å². The molecule has 4 N–H and O–H groups in total. The van der Waals surface area contributed by atoms with E-state index in [-0.39, 0.29) is 35.8 Å². The van der Waals surface area contributed by atoms with Gasteiger partial charge in [0.1, 0.15) is 6.61 Å². The molecule has 0 aromatic carbocycles. The number of nitrogens with two attached hydrogens (primary N) is 1. The zero-order chi connectivity index (χ0) is 17.4. The van der Waals surface area contributed by atoms with E-state index < -0.39 is 29.4 Å². The molecular weight excluding hydrogens is 316 g/mol. The van der Waals surface area contributed by atoms with Crippen LogP contribution in [0.25, 0.3) is 0 Å². The van der Waals surface area contributed by atoms with Crippen molar-refractivity contribution < 1.29 is 23.9 Å². The van der Waals surface area contributed by atoms with E-state index in [2.05, 4.69) is 5.32 Å². The number of ether oxygens (including phenoxy) is 2. The van der Waals surface area contributed by atoms with Crippen molar-refractivity contribution in [2.75, 3.05) is 20.3 Å². The van der Waals surface area contributed by atoms with Gasteiger partial charge < -0.3 is 30.8 Å². The van der Waals surface area contributed by atoms with Crippen molar-refractivity contribution in [3.8, 4) is 0 Å². The van der Waals surface area contributed by atoms with Crippen molar-refractivity contribution >= 4 is 23.4 Å². The third-order valence-electron chi connectivity index (χ3n) is 5.57. The zero-order valence-electron chi connectivity index (χ0n) is 13.3. The van der Waals surface area contributed by atoms with Gasteiger partial charge in [0, 0.05) is 25.3 Å². The molecule has 3 heterocycles. The molecule has 9 heteroatoms. The molecule has 2 fully saturated rings. The maximum absolute atomic E-state index is 12.8. The highest BCUT2D eigenvalue weighted by Crippen LogP contribution is 2.55. The van der Waals surface area contributed by atoms with E-state index in [1.165, 1.54) is 7.11 Å². The van der Waals surface area contributed by atoms with Crippen LogP contribution in [0.4, 0.5) is 4.79 Å². The van der Waals surface area contributed by atoms with E-state index in [1.54, 1.807) is 6.92 Å². The molecule has 0 spiro atoms. The molecule has 1 aliphatic carbocycles. The van der Waals surface area contributed by atoms with E-state index in [0.717, 1.165) is 0 Å². The van der Waals surface area contributed by atoms with Gasteiger partial charge in [0.2, 0.25) is 5.78 Å². The second kappa shape index (κ2) is 4.64. The van der Waals surface area contributed by atoms with Gasteiger partial charge in [0.25, 0.3) is 0 Å². The fourth-order valence-corrected chi connectivity index (χ4v) is 4.39. The number of carbonyl (C=O) groups excluding carboxylic acids is 3. The van der Waals surface area contributed by atoms with Crippen LogP contribution in [0.2, 0.25) is 0 Å². The predicted molar refractivity (Wildman–Crippen MR) is 80.1 cm³/mol. The smallest absolute Gasteiger partial charge is 0.404 e. The van der Waals surface area contributed by atoms with Crippen LogP contribution in [-0.2, 0) is 19.1 Å². The summed E-state index contributed by atoms with van der Waals surface area (Å²) in [5.74, 6) is -2.21. The number of amides is 1. The predicted octanol–water partition coefficient (Wildman–Crippen LogP) is -1.23. The summed E-state index contributed by atoms with van der Waals surface area (Å²) in [5, 5.41) is 11.2. The number of nitrogens with zero attached hydrogens (tertiary/aromatic N) is 1. The number of Topliss-reactive ketones (excluding diaryl/α,β-unsaturated/α-hetero) is 2. The van der Waals surface area contributed by atoms with E-state index in [9.17, 15) is 14.4 Å². The average Bonchev–Trinajstić information content (AvgIpc) is 3.16. The van der Waals surface area contributed by atoms with Gasteiger partial charge in [-0.3, -0.25) is 9.59 Å². The lowest BCUT2D eigenvalue weighted by atomic mass is 9.79. The monoisotopic (exact) mass is 334 g/mol. The molecule has 9 nitrogen and oxygen atoms in total. The molecule has 5 atom stereocenters. The summed E-state index contributed by atoms with van der Waals surface area (Å²) < 4.78 is 10.8. The Bertz CT molecular complexity index is 731. The van der Waals surface area contributed by atoms with E-state index in [0.29, 0.717) is 12.2 Å². The summed E-state index contributed by atoms with van der Waals surface area (Å²) in [6.45, 7) is 1.91. The molecule has 4 aliphatic rings. The summed E-state index contributed by atoms with van der Waals surface area (Å²) in [6.07, 6.45) is -0.960. The van der Waals surface area contributed by atoms with E-state index >= 15 is 0 Å². The molecule has 0 radical (unpaired) electrons.